The molecule has 1 aromatic heterocycles. The van der Waals surface area contributed by atoms with Crippen LogP contribution in [0.1, 0.15) is 13.7 Å². The van der Waals surface area contributed by atoms with Crippen molar-refractivity contribution in [2.24, 2.45) is 0 Å². The summed E-state index contributed by atoms with van der Waals surface area (Å²) in [6.07, 6.45) is 0. The van der Waals surface area contributed by atoms with Crippen LogP contribution in [0.4, 0.5) is 0 Å². The molecule has 0 aliphatic heterocycles. The third-order valence-corrected chi connectivity index (χ3v) is 9.41. The zero-order valence-corrected chi connectivity index (χ0v) is 26.0. The van der Waals surface area contributed by atoms with Crippen molar-refractivity contribution >= 4 is 54.3 Å². The minimum absolute atomic E-state index is 0.0706. The summed E-state index contributed by atoms with van der Waals surface area (Å²) < 4.78 is 91.9. The summed E-state index contributed by atoms with van der Waals surface area (Å²) in [4.78, 5) is 0. The molecule has 9 aromatic carbocycles. The first-order chi connectivity index (χ1) is 28.5. The van der Waals surface area contributed by atoms with Crippen LogP contribution < -0.4 is 0 Å². The molecule has 0 aliphatic rings. The van der Waals surface area contributed by atoms with Gasteiger partial charge in [-0.05, 0) is 95.7 Å². The Bertz CT molecular complexity index is 3400. The minimum atomic E-state index is -0.476. The van der Waals surface area contributed by atoms with E-state index in [9.17, 15) is 0 Å². The summed E-state index contributed by atoms with van der Waals surface area (Å²) in [6, 6.07) is 35.2. The molecule has 0 bridgehead atoms. The minimum Gasteiger partial charge on any atom is -0.455 e. The van der Waals surface area contributed by atoms with Crippen LogP contribution in [0.2, 0.25) is 0 Å². The van der Waals surface area contributed by atoms with Gasteiger partial charge in [0.1, 0.15) is 11.2 Å². The van der Waals surface area contributed by atoms with Gasteiger partial charge < -0.3 is 4.42 Å². The molecule has 0 amide bonds. The Morgan fingerprint density at radius 1 is 0.388 bits per heavy atom. The quantitative estimate of drug-likeness (QED) is 0.176. The molecule has 0 unspecified atom stereocenters. The van der Waals surface area contributed by atoms with Gasteiger partial charge in [0.15, 0.2) is 0 Å². The Balaban J connectivity index is 1.35. The molecule has 1 heteroatoms. The lowest BCUT2D eigenvalue weighted by Crippen LogP contribution is -1.92. The number of fused-ring (bicyclic) bond motifs is 7. The number of hydrogen-bond acceptors (Lipinski definition) is 1. The maximum absolute atomic E-state index is 8.86. The fourth-order valence-corrected chi connectivity index (χ4v) is 7.32. The van der Waals surface area contributed by atoms with E-state index in [1.165, 1.54) is 0 Å². The van der Waals surface area contributed by atoms with Gasteiger partial charge in [0.05, 0.1) is 13.7 Å². The molecule has 1 heterocycles. The van der Waals surface area contributed by atoms with Crippen LogP contribution in [0.15, 0.2) is 186 Å². The molecule has 49 heavy (non-hydrogen) atoms. The maximum Gasteiger partial charge on any atom is 0.143 e. The lowest BCUT2D eigenvalue weighted by Gasteiger charge is -2.19. The van der Waals surface area contributed by atoms with Crippen molar-refractivity contribution in [3.63, 3.8) is 0 Å². The van der Waals surface area contributed by atoms with E-state index in [0.717, 1.165) is 70.9 Å². The average molecular weight is 633 g/mol. The average Bonchev–Trinajstić information content (AvgIpc) is 3.65. The third-order valence-electron chi connectivity index (χ3n) is 9.41. The van der Waals surface area contributed by atoms with Gasteiger partial charge in [0.2, 0.25) is 0 Å². The highest BCUT2D eigenvalue weighted by molar-refractivity contribution is 6.27. The third kappa shape index (κ3) is 4.40. The molecule has 0 fully saturated rings. The Kier molecular flexibility index (Phi) is 4.39. The van der Waals surface area contributed by atoms with E-state index in [-0.39, 0.29) is 35.3 Å². The topological polar surface area (TPSA) is 13.1 Å². The molecule has 0 saturated heterocycles. The SMILES string of the molecule is [2H]c1c([2H])c([2H])c(-c2cccc(-c3c4ccccc4c(-c4cccc5oc6c7ccccc7ccc6c45)c4ccc(-c5c([2H])c([2H])c([2H])c([2H])c5[2H])cc34)c2)c([2H])c1[2H]. The molecule has 0 saturated carbocycles. The van der Waals surface area contributed by atoms with Crippen LogP contribution in [0.5, 0.6) is 0 Å². The zero-order chi connectivity index (χ0) is 41.0. The van der Waals surface area contributed by atoms with Gasteiger partial charge in [-0.3, -0.25) is 0 Å². The highest BCUT2D eigenvalue weighted by Crippen LogP contribution is 2.48. The summed E-state index contributed by atoms with van der Waals surface area (Å²) >= 11 is 0. The largest absolute Gasteiger partial charge is 0.455 e. The predicted molar refractivity (Wildman–Crippen MR) is 208 cm³/mol. The standard InChI is InChI=1S/C48H30O/c1-3-13-31(14-4-1)34-18-11-19-36(29-34)45-38-21-9-10-22-39(38)46(40-27-26-35(30-43(40)45)32-15-5-2-6-16-32)41-23-12-24-44-47(41)42-28-25-33-17-7-8-20-37(33)48(42)49-44/h1-30H/i1D,2D,3D,4D,5D,6D,13D,14D,15D,16D. The van der Waals surface area contributed by atoms with E-state index in [2.05, 4.69) is 36.4 Å². The van der Waals surface area contributed by atoms with Crippen molar-refractivity contribution in [1.82, 2.24) is 0 Å². The summed E-state index contributed by atoms with van der Waals surface area (Å²) in [7, 11) is 0. The first-order valence-corrected chi connectivity index (χ1v) is 16.0. The Labute approximate surface area is 298 Å². The van der Waals surface area contributed by atoms with Gasteiger partial charge in [0.25, 0.3) is 0 Å². The van der Waals surface area contributed by atoms with E-state index in [1.807, 2.05) is 66.7 Å². The second-order valence-electron chi connectivity index (χ2n) is 12.1. The second kappa shape index (κ2) is 11.1. The normalized spacial score (nSPS) is 14.5. The molecule has 0 radical (unpaired) electrons. The molecule has 0 N–H and O–H groups in total. The molecule has 0 aliphatic carbocycles. The van der Waals surface area contributed by atoms with Crippen molar-refractivity contribution in [2.75, 3.05) is 0 Å². The van der Waals surface area contributed by atoms with E-state index >= 15 is 0 Å². The molecule has 0 spiro atoms. The number of hydrogen-bond donors (Lipinski definition) is 0. The summed E-state index contributed by atoms with van der Waals surface area (Å²) in [6.45, 7) is 0. The van der Waals surface area contributed by atoms with Crippen molar-refractivity contribution in [3.8, 4) is 44.5 Å². The van der Waals surface area contributed by atoms with E-state index in [1.54, 1.807) is 18.2 Å². The van der Waals surface area contributed by atoms with Gasteiger partial charge in [0, 0.05) is 16.2 Å². The van der Waals surface area contributed by atoms with Gasteiger partial charge in [-0.25, -0.2) is 0 Å². The van der Waals surface area contributed by atoms with Crippen LogP contribution in [-0.4, -0.2) is 0 Å². The Morgan fingerprint density at radius 2 is 1.00 bits per heavy atom. The van der Waals surface area contributed by atoms with Crippen molar-refractivity contribution in [3.05, 3.63) is 182 Å². The smallest absolute Gasteiger partial charge is 0.143 e. The highest BCUT2D eigenvalue weighted by atomic mass is 16.3. The first kappa shape index (κ1) is 19.4. The first-order valence-electron chi connectivity index (χ1n) is 21.0. The summed E-state index contributed by atoms with van der Waals surface area (Å²) in [5.74, 6) is 0. The van der Waals surface area contributed by atoms with Crippen LogP contribution in [0.25, 0.3) is 98.8 Å². The lowest BCUT2D eigenvalue weighted by molar-refractivity contribution is 0.673. The second-order valence-corrected chi connectivity index (χ2v) is 12.1. The fourth-order valence-electron chi connectivity index (χ4n) is 7.32. The van der Waals surface area contributed by atoms with E-state index in [0.29, 0.717) is 16.7 Å². The maximum atomic E-state index is 8.86. The van der Waals surface area contributed by atoms with Gasteiger partial charge >= 0.3 is 0 Å². The van der Waals surface area contributed by atoms with Crippen LogP contribution >= 0.6 is 0 Å². The predicted octanol–water partition coefficient (Wildman–Crippen LogP) is 13.7. The number of rotatable bonds is 4. The monoisotopic (exact) mass is 632 g/mol. The van der Waals surface area contributed by atoms with Crippen molar-refractivity contribution in [1.29, 1.82) is 0 Å². The number of benzene rings is 9. The fraction of sp³-hybridized carbons (Fsp3) is 0. The molecular formula is C48H30O. The van der Waals surface area contributed by atoms with Crippen molar-refractivity contribution in [2.45, 2.75) is 0 Å². The number of furan rings is 1. The molecule has 1 nitrogen and oxygen atoms in total. The molecule has 228 valence electrons. The van der Waals surface area contributed by atoms with E-state index in [4.69, 9.17) is 18.1 Å². The van der Waals surface area contributed by atoms with Crippen molar-refractivity contribution < 1.29 is 18.1 Å². The molecule has 0 atom stereocenters. The van der Waals surface area contributed by atoms with Crippen LogP contribution in [0.3, 0.4) is 0 Å². The van der Waals surface area contributed by atoms with Gasteiger partial charge in [-0.15, -0.1) is 0 Å². The van der Waals surface area contributed by atoms with Crippen LogP contribution in [-0.2, 0) is 0 Å². The summed E-state index contributed by atoms with van der Waals surface area (Å²) in [5.41, 5.74) is 5.80. The molecular weight excluding hydrogens is 593 g/mol. The summed E-state index contributed by atoms with van der Waals surface area (Å²) in [5, 5.41) is 7.26. The Hall–Kier alpha value is -6.44. The van der Waals surface area contributed by atoms with Crippen LogP contribution in [0, 0.1) is 0 Å². The zero-order valence-electron chi connectivity index (χ0n) is 36.0. The molecule has 10 aromatic rings. The van der Waals surface area contributed by atoms with E-state index < -0.39 is 36.3 Å². The Morgan fingerprint density at radius 3 is 1.78 bits per heavy atom. The van der Waals surface area contributed by atoms with Gasteiger partial charge in [-0.1, -0.05) is 157 Å². The highest BCUT2D eigenvalue weighted by Gasteiger charge is 2.21. The molecule has 10 rings (SSSR count). The lowest BCUT2D eigenvalue weighted by atomic mass is 9.83. The van der Waals surface area contributed by atoms with Gasteiger partial charge in [-0.2, -0.15) is 0 Å².